The average Bonchev–Trinajstić information content (AvgIpc) is 3.42. The first-order valence-electron chi connectivity index (χ1n) is 10.1. The van der Waals surface area contributed by atoms with Crippen LogP contribution < -0.4 is 5.43 Å². The molecule has 0 saturated carbocycles. The molecule has 0 saturated heterocycles. The number of aromatic nitrogens is 1. The Kier molecular flexibility index (Phi) is 5.17. The SMILES string of the molecule is CC(=NNc1nc(-c2ccc(CC(=O)O)cc2)cs1)c1ccc2oc3ccccc3c2c1. The number of fused-ring (bicyclic) bond motifs is 3. The first-order valence-corrected chi connectivity index (χ1v) is 10.9. The van der Waals surface area contributed by atoms with Gasteiger partial charge in [-0.25, -0.2) is 4.98 Å². The van der Waals surface area contributed by atoms with E-state index >= 15 is 0 Å². The summed E-state index contributed by atoms with van der Waals surface area (Å²) in [6.45, 7) is 1.95. The number of furan rings is 1. The van der Waals surface area contributed by atoms with Gasteiger partial charge >= 0.3 is 5.97 Å². The normalized spacial score (nSPS) is 11.8. The van der Waals surface area contributed by atoms with E-state index in [4.69, 9.17) is 9.52 Å². The van der Waals surface area contributed by atoms with Crippen LogP contribution in [0.4, 0.5) is 5.13 Å². The molecule has 0 aliphatic rings. The summed E-state index contributed by atoms with van der Waals surface area (Å²) in [6.07, 6.45) is 0.0124. The third-order valence-electron chi connectivity index (χ3n) is 5.22. The van der Waals surface area contributed by atoms with E-state index in [9.17, 15) is 4.79 Å². The Morgan fingerprint density at radius 2 is 1.84 bits per heavy atom. The Balaban J connectivity index is 1.34. The lowest BCUT2D eigenvalue weighted by Gasteiger charge is -2.02. The number of carboxylic acids is 1. The number of nitrogens with one attached hydrogen (secondary N) is 1. The summed E-state index contributed by atoms with van der Waals surface area (Å²) < 4.78 is 5.89. The van der Waals surface area contributed by atoms with Gasteiger partial charge in [0.1, 0.15) is 11.2 Å². The zero-order valence-electron chi connectivity index (χ0n) is 17.2. The van der Waals surface area contributed by atoms with Crippen molar-refractivity contribution in [2.24, 2.45) is 5.10 Å². The molecule has 5 rings (SSSR count). The van der Waals surface area contributed by atoms with Crippen molar-refractivity contribution in [3.63, 3.8) is 0 Å². The number of aliphatic carboxylic acids is 1. The smallest absolute Gasteiger partial charge is 0.307 e. The predicted molar refractivity (Wildman–Crippen MR) is 128 cm³/mol. The van der Waals surface area contributed by atoms with Gasteiger partial charge in [-0.15, -0.1) is 11.3 Å². The quantitative estimate of drug-likeness (QED) is 0.243. The highest BCUT2D eigenvalue weighted by atomic mass is 32.1. The van der Waals surface area contributed by atoms with Gasteiger partial charge in [0.25, 0.3) is 0 Å². The Labute approximate surface area is 187 Å². The van der Waals surface area contributed by atoms with E-state index in [0.29, 0.717) is 5.13 Å². The number of carbonyl (C=O) groups is 1. The summed E-state index contributed by atoms with van der Waals surface area (Å²) in [5.74, 6) is -0.841. The highest BCUT2D eigenvalue weighted by molar-refractivity contribution is 7.14. The highest BCUT2D eigenvalue weighted by Gasteiger charge is 2.09. The van der Waals surface area contributed by atoms with Crippen molar-refractivity contribution in [3.8, 4) is 11.3 Å². The second-order valence-electron chi connectivity index (χ2n) is 7.42. The van der Waals surface area contributed by atoms with E-state index in [2.05, 4.69) is 27.6 Å². The van der Waals surface area contributed by atoms with Gasteiger partial charge in [-0.3, -0.25) is 10.2 Å². The molecule has 0 atom stereocenters. The van der Waals surface area contributed by atoms with Gasteiger partial charge in [0.15, 0.2) is 0 Å². The molecule has 5 aromatic rings. The molecule has 0 amide bonds. The van der Waals surface area contributed by atoms with Crippen LogP contribution >= 0.6 is 11.3 Å². The maximum atomic E-state index is 10.8. The Hall–Kier alpha value is -3.97. The van der Waals surface area contributed by atoms with Crippen molar-refractivity contribution in [2.45, 2.75) is 13.3 Å². The zero-order valence-corrected chi connectivity index (χ0v) is 18.0. The van der Waals surface area contributed by atoms with Crippen LogP contribution in [-0.2, 0) is 11.2 Å². The second kappa shape index (κ2) is 8.28. The third kappa shape index (κ3) is 3.98. The molecule has 158 valence electrons. The maximum Gasteiger partial charge on any atom is 0.307 e. The van der Waals surface area contributed by atoms with E-state index in [1.165, 1.54) is 11.3 Å². The van der Waals surface area contributed by atoms with Gasteiger partial charge < -0.3 is 9.52 Å². The van der Waals surface area contributed by atoms with Crippen molar-refractivity contribution in [2.75, 3.05) is 5.43 Å². The van der Waals surface area contributed by atoms with E-state index in [0.717, 1.165) is 50.0 Å². The Bertz CT molecular complexity index is 1470. The van der Waals surface area contributed by atoms with Crippen LogP contribution in [0.1, 0.15) is 18.1 Å². The molecule has 0 aliphatic heterocycles. The van der Waals surface area contributed by atoms with Crippen LogP contribution in [0.15, 0.2) is 81.6 Å². The molecular formula is C25H19N3O3S. The van der Waals surface area contributed by atoms with Crippen LogP contribution in [-0.4, -0.2) is 21.8 Å². The lowest BCUT2D eigenvalue weighted by atomic mass is 10.1. The van der Waals surface area contributed by atoms with Crippen LogP contribution in [0.25, 0.3) is 33.2 Å². The molecular weight excluding hydrogens is 422 g/mol. The zero-order chi connectivity index (χ0) is 22.1. The summed E-state index contributed by atoms with van der Waals surface area (Å²) >= 11 is 1.46. The molecule has 32 heavy (non-hydrogen) atoms. The number of para-hydroxylation sites is 1. The summed E-state index contributed by atoms with van der Waals surface area (Å²) in [5, 5.41) is 18.2. The lowest BCUT2D eigenvalue weighted by Crippen LogP contribution is -1.99. The van der Waals surface area contributed by atoms with Gasteiger partial charge in [-0.1, -0.05) is 42.5 Å². The summed E-state index contributed by atoms with van der Waals surface area (Å²) in [5.41, 5.74) is 9.13. The van der Waals surface area contributed by atoms with Crippen LogP contribution in [0, 0.1) is 0 Å². The standard InChI is InChI=1S/C25H19N3O3S/c1-15(18-10-11-23-20(13-18)19-4-2-3-5-22(19)31-23)27-28-25-26-21(14-32-25)17-8-6-16(7-9-17)12-24(29)30/h2-11,13-14H,12H2,1H3,(H,26,28)(H,29,30). The third-order valence-corrected chi connectivity index (χ3v) is 5.97. The minimum absolute atomic E-state index is 0.0124. The highest BCUT2D eigenvalue weighted by Crippen LogP contribution is 2.29. The number of rotatable bonds is 6. The molecule has 0 radical (unpaired) electrons. The number of carboxylic acid groups (broad SMARTS) is 1. The fourth-order valence-corrected chi connectivity index (χ4v) is 4.23. The van der Waals surface area contributed by atoms with Crippen molar-refractivity contribution in [1.82, 2.24) is 4.98 Å². The number of hydrogen-bond donors (Lipinski definition) is 2. The molecule has 7 heteroatoms. The van der Waals surface area contributed by atoms with Gasteiger partial charge in [-0.2, -0.15) is 5.10 Å². The molecule has 2 N–H and O–H groups in total. The molecule has 0 spiro atoms. The largest absolute Gasteiger partial charge is 0.481 e. The Morgan fingerprint density at radius 3 is 2.66 bits per heavy atom. The van der Waals surface area contributed by atoms with Gasteiger partial charge in [0.05, 0.1) is 17.8 Å². The van der Waals surface area contributed by atoms with Gasteiger partial charge in [0, 0.05) is 21.7 Å². The first kappa shape index (κ1) is 20.0. The summed E-state index contributed by atoms with van der Waals surface area (Å²) in [6, 6.07) is 21.5. The fourth-order valence-electron chi connectivity index (χ4n) is 3.57. The summed E-state index contributed by atoms with van der Waals surface area (Å²) in [7, 11) is 0. The van der Waals surface area contributed by atoms with Gasteiger partial charge in [0.2, 0.25) is 5.13 Å². The Morgan fingerprint density at radius 1 is 1.06 bits per heavy atom. The number of benzene rings is 3. The molecule has 6 nitrogen and oxygen atoms in total. The van der Waals surface area contributed by atoms with E-state index in [1.807, 2.05) is 66.9 Å². The molecule has 0 fully saturated rings. The number of thiazole rings is 1. The minimum atomic E-state index is -0.841. The fraction of sp³-hybridized carbons (Fsp3) is 0.0800. The van der Waals surface area contributed by atoms with Crippen molar-refractivity contribution in [1.29, 1.82) is 0 Å². The molecule has 0 aliphatic carbocycles. The second-order valence-corrected chi connectivity index (χ2v) is 8.28. The average molecular weight is 442 g/mol. The van der Waals surface area contributed by atoms with Crippen molar-refractivity contribution < 1.29 is 14.3 Å². The van der Waals surface area contributed by atoms with Crippen LogP contribution in [0.2, 0.25) is 0 Å². The molecule has 2 heterocycles. The van der Waals surface area contributed by atoms with E-state index in [-0.39, 0.29) is 6.42 Å². The molecule has 0 unspecified atom stereocenters. The first-order chi connectivity index (χ1) is 15.6. The van der Waals surface area contributed by atoms with Crippen LogP contribution in [0.3, 0.4) is 0 Å². The van der Waals surface area contributed by atoms with Crippen molar-refractivity contribution >= 4 is 50.1 Å². The van der Waals surface area contributed by atoms with Gasteiger partial charge in [-0.05, 0) is 42.3 Å². The minimum Gasteiger partial charge on any atom is -0.481 e. The monoisotopic (exact) mass is 441 g/mol. The number of nitrogens with zero attached hydrogens (tertiary/aromatic N) is 2. The van der Waals surface area contributed by atoms with Crippen molar-refractivity contribution in [3.05, 3.63) is 83.2 Å². The number of hydrazone groups is 1. The lowest BCUT2D eigenvalue weighted by molar-refractivity contribution is -0.136. The van der Waals surface area contributed by atoms with E-state index < -0.39 is 5.97 Å². The van der Waals surface area contributed by atoms with Crippen LogP contribution in [0.5, 0.6) is 0 Å². The van der Waals surface area contributed by atoms with E-state index in [1.54, 1.807) is 0 Å². The summed E-state index contributed by atoms with van der Waals surface area (Å²) in [4.78, 5) is 15.4. The number of hydrogen-bond acceptors (Lipinski definition) is 6. The molecule has 3 aromatic carbocycles. The molecule has 2 aromatic heterocycles. The number of anilines is 1. The topological polar surface area (TPSA) is 87.7 Å². The maximum absolute atomic E-state index is 10.8. The molecule has 0 bridgehead atoms. The predicted octanol–water partition coefficient (Wildman–Crippen LogP) is 6.17.